The third kappa shape index (κ3) is 2.88. The summed E-state index contributed by atoms with van der Waals surface area (Å²) in [5.74, 6) is -1.65. The summed E-state index contributed by atoms with van der Waals surface area (Å²) >= 11 is 0. The van der Waals surface area contributed by atoms with Crippen LogP contribution < -0.4 is 11.1 Å². The van der Waals surface area contributed by atoms with E-state index in [0.29, 0.717) is 0 Å². The predicted octanol–water partition coefficient (Wildman–Crippen LogP) is 3.11. The number of rotatable bonds is 2. The third-order valence-corrected chi connectivity index (χ3v) is 2.63. The minimum absolute atomic E-state index is 0.00465. The SMILES string of the molecule is Cc1ccc(NC(=O)c2ccc(F)cc2N)c(F)c1. The lowest BCUT2D eigenvalue weighted by molar-refractivity contribution is 0.102. The molecule has 0 aliphatic carbocycles. The van der Waals surface area contributed by atoms with Crippen LogP contribution in [0.25, 0.3) is 0 Å². The number of hydrogen-bond donors (Lipinski definition) is 2. The molecule has 0 bridgehead atoms. The predicted molar refractivity (Wildman–Crippen MR) is 69.9 cm³/mol. The van der Waals surface area contributed by atoms with Gasteiger partial charge in [-0.15, -0.1) is 0 Å². The minimum Gasteiger partial charge on any atom is -0.398 e. The van der Waals surface area contributed by atoms with Gasteiger partial charge in [-0.1, -0.05) is 6.07 Å². The first-order chi connectivity index (χ1) is 8.97. The number of nitrogens with one attached hydrogen (secondary N) is 1. The maximum absolute atomic E-state index is 13.6. The zero-order valence-electron chi connectivity index (χ0n) is 10.2. The van der Waals surface area contributed by atoms with Gasteiger partial charge >= 0.3 is 0 Å². The Hall–Kier alpha value is -2.43. The monoisotopic (exact) mass is 262 g/mol. The second-order valence-electron chi connectivity index (χ2n) is 4.17. The van der Waals surface area contributed by atoms with Crippen LogP contribution in [0.2, 0.25) is 0 Å². The quantitative estimate of drug-likeness (QED) is 0.817. The van der Waals surface area contributed by atoms with Crippen LogP contribution in [0.5, 0.6) is 0 Å². The highest BCUT2D eigenvalue weighted by Crippen LogP contribution is 2.19. The van der Waals surface area contributed by atoms with Crippen molar-refractivity contribution in [1.82, 2.24) is 0 Å². The van der Waals surface area contributed by atoms with Crippen molar-refractivity contribution >= 4 is 17.3 Å². The molecular weight excluding hydrogens is 250 g/mol. The van der Waals surface area contributed by atoms with Crippen LogP contribution in [0.4, 0.5) is 20.2 Å². The molecule has 3 N–H and O–H groups in total. The van der Waals surface area contributed by atoms with Crippen molar-refractivity contribution < 1.29 is 13.6 Å². The largest absolute Gasteiger partial charge is 0.398 e. The molecule has 2 aromatic carbocycles. The topological polar surface area (TPSA) is 55.1 Å². The lowest BCUT2D eigenvalue weighted by Gasteiger charge is -2.09. The fraction of sp³-hybridized carbons (Fsp3) is 0.0714. The summed E-state index contributed by atoms with van der Waals surface area (Å²) in [6, 6.07) is 7.86. The van der Waals surface area contributed by atoms with Crippen LogP contribution >= 0.6 is 0 Å². The first-order valence-corrected chi connectivity index (χ1v) is 5.60. The smallest absolute Gasteiger partial charge is 0.257 e. The van der Waals surface area contributed by atoms with E-state index in [-0.39, 0.29) is 16.9 Å². The van der Waals surface area contributed by atoms with Crippen LogP contribution in [-0.4, -0.2) is 5.91 Å². The molecular formula is C14H12F2N2O. The van der Waals surface area contributed by atoms with Crippen molar-refractivity contribution in [2.75, 3.05) is 11.1 Å². The number of carbonyl (C=O) groups is 1. The Morgan fingerprint density at radius 2 is 1.89 bits per heavy atom. The lowest BCUT2D eigenvalue weighted by atomic mass is 10.1. The van der Waals surface area contributed by atoms with Crippen molar-refractivity contribution in [2.24, 2.45) is 0 Å². The normalized spacial score (nSPS) is 10.3. The molecule has 0 atom stereocenters. The van der Waals surface area contributed by atoms with Gasteiger partial charge in [-0.2, -0.15) is 0 Å². The summed E-state index contributed by atoms with van der Waals surface area (Å²) in [7, 11) is 0. The molecule has 0 unspecified atom stereocenters. The number of hydrogen-bond acceptors (Lipinski definition) is 2. The van der Waals surface area contributed by atoms with Gasteiger partial charge in [0, 0.05) is 5.69 Å². The van der Waals surface area contributed by atoms with Gasteiger partial charge in [0.1, 0.15) is 11.6 Å². The molecule has 0 aromatic heterocycles. The second-order valence-corrected chi connectivity index (χ2v) is 4.17. The maximum atomic E-state index is 13.6. The molecule has 5 heteroatoms. The van der Waals surface area contributed by atoms with E-state index in [9.17, 15) is 13.6 Å². The van der Waals surface area contributed by atoms with Gasteiger partial charge in [-0.05, 0) is 42.8 Å². The lowest BCUT2D eigenvalue weighted by Crippen LogP contribution is -2.15. The molecule has 2 aromatic rings. The van der Waals surface area contributed by atoms with Gasteiger partial charge < -0.3 is 11.1 Å². The van der Waals surface area contributed by atoms with Crippen LogP contribution in [0, 0.1) is 18.6 Å². The molecule has 3 nitrogen and oxygen atoms in total. The zero-order valence-corrected chi connectivity index (χ0v) is 10.2. The first-order valence-electron chi connectivity index (χ1n) is 5.60. The fourth-order valence-corrected chi connectivity index (χ4v) is 1.65. The summed E-state index contributed by atoms with van der Waals surface area (Å²) in [6.45, 7) is 1.74. The number of carbonyl (C=O) groups excluding carboxylic acids is 1. The van der Waals surface area contributed by atoms with Gasteiger partial charge in [0.05, 0.1) is 11.3 Å². The Morgan fingerprint density at radius 1 is 1.16 bits per heavy atom. The molecule has 0 spiro atoms. The van der Waals surface area contributed by atoms with E-state index in [1.807, 2.05) is 0 Å². The summed E-state index contributed by atoms with van der Waals surface area (Å²) in [4.78, 5) is 11.9. The number of benzene rings is 2. The van der Waals surface area contributed by atoms with Crippen molar-refractivity contribution in [3.05, 3.63) is 59.2 Å². The zero-order chi connectivity index (χ0) is 14.0. The molecule has 98 valence electrons. The standard InChI is InChI=1S/C14H12F2N2O/c1-8-2-5-13(11(16)6-8)18-14(19)10-4-3-9(15)7-12(10)17/h2-7H,17H2,1H3,(H,18,19). The van der Waals surface area contributed by atoms with Crippen molar-refractivity contribution in [1.29, 1.82) is 0 Å². The number of halogens is 2. The number of nitrogen functional groups attached to an aromatic ring is 1. The molecule has 2 rings (SSSR count). The van der Waals surface area contributed by atoms with Crippen LogP contribution in [0.3, 0.4) is 0 Å². The number of nitrogens with two attached hydrogens (primary N) is 1. The Balaban J connectivity index is 2.25. The number of aryl methyl sites for hydroxylation is 1. The first kappa shape index (κ1) is 13.0. The van der Waals surface area contributed by atoms with Crippen molar-refractivity contribution in [2.45, 2.75) is 6.92 Å². The summed E-state index contributed by atoms with van der Waals surface area (Å²) in [5, 5.41) is 2.40. The number of amides is 1. The van der Waals surface area contributed by atoms with Crippen molar-refractivity contribution in [3.63, 3.8) is 0 Å². The molecule has 0 saturated carbocycles. The Bertz CT molecular complexity index is 641. The summed E-state index contributed by atoms with van der Waals surface area (Å²) in [6.07, 6.45) is 0. The third-order valence-electron chi connectivity index (χ3n) is 2.63. The van der Waals surface area contributed by atoms with Crippen LogP contribution in [0.15, 0.2) is 36.4 Å². The van der Waals surface area contributed by atoms with Gasteiger partial charge in [0.15, 0.2) is 0 Å². The van der Waals surface area contributed by atoms with E-state index >= 15 is 0 Å². The highest BCUT2D eigenvalue weighted by molar-refractivity contribution is 6.07. The highest BCUT2D eigenvalue weighted by Gasteiger charge is 2.12. The molecule has 19 heavy (non-hydrogen) atoms. The molecule has 0 saturated heterocycles. The average Bonchev–Trinajstić information content (AvgIpc) is 2.32. The summed E-state index contributed by atoms with van der Waals surface area (Å²) in [5.41, 5.74) is 6.45. The highest BCUT2D eigenvalue weighted by atomic mass is 19.1. The summed E-state index contributed by atoms with van der Waals surface area (Å²) < 4.78 is 26.5. The Morgan fingerprint density at radius 3 is 2.53 bits per heavy atom. The second kappa shape index (κ2) is 5.06. The molecule has 0 fully saturated rings. The van der Waals surface area contributed by atoms with E-state index in [0.717, 1.165) is 17.7 Å². The molecule has 1 amide bonds. The van der Waals surface area contributed by atoms with E-state index in [1.54, 1.807) is 13.0 Å². The maximum Gasteiger partial charge on any atom is 0.257 e. The molecule has 0 aliphatic rings. The van der Waals surface area contributed by atoms with Gasteiger partial charge in [0.25, 0.3) is 5.91 Å². The van der Waals surface area contributed by atoms with Crippen molar-refractivity contribution in [3.8, 4) is 0 Å². The van der Waals surface area contributed by atoms with Crippen LogP contribution in [-0.2, 0) is 0 Å². The van der Waals surface area contributed by atoms with Crippen LogP contribution in [0.1, 0.15) is 15.9 Å². The molecule has 0 radical (unpaired) electrons. The molecule has 0 aliphatic heterocycles. The average molecular weight is 262 g/mol. The van der Waals surface area contributed by atoms with Gasteiger partial charge in [0.2, 0.25) is 0 Å². The van der Waals surface area contributed by atoms with Gasteiger partial charge in [-0.25, -0.2) is 8.78 Å². The Labute approximate surface area is 109 Å². The van der Waals surface area contributed by atoms with E-state index in [1.165, 1.54) is 18.2 Å². The Kier molecular flexibility index (Phi) is 3.46. The van der Waals surface area contributed by atoms with E-state index < -0.39 is 17.5 Å². The van der Waals surface area contributed by atoms with E-state index in [2.05, 4.69) is 5.32 Å². The fourth-order valence-electron chi connectivity index (χ4n) is 1.65. The number of anilines is 2. The van der Waals surface area contributed by atoms with Gasteiger partial charge in [-0.3, -0.25) is 4.79 Å². The molecule has 0 heterocycles. The minimum atomic E-state index is -0.583. The van der Waals surface area contributed by atoms with E-state index in [4.69, 9.17) is 5.73 Å².